The van der Waals surface area contributed by atoms with Crippen molar-refractivity contribution in [3.8, 4) is 5.75 Å². The predicted octanol–water partition coefficient (Wildman–Crippen LogP) is 3.80. The van der Waals surface area contributed by atoms with Gasteiger partial charge >= 0.3 is 0 Å². The van der Waals surface area contributed by atoms with Crippen LogP contribution in [0.5, 0.6) is 5.75 Å². The number of amides is 1. The second-order valence-corrected chi connectivity index (χ2v) is 7.98. The zero-order chi connectivity index (χ0) is 20.8. The molecular weight excluding hydrogens is 376 g/mol. The molecule has 3 N–H and O–H groups in total. The minimum Gasteiger partial charge on any atom is -0.490 e. The number of ether oxygens (including phenoxy) is 1. The Labute approximate surface area is 178 Å². The molecule has 2 aliphatic rings. The molecule has 158 valence electrons. The van der Waals surface area contributed by atoms with E-state index in [-0.39, 0.29) is 11.8 Å². The first-order valence-corrected chi connectivity index (χ1v) is 10.8. The van der Waals surface area contributed by atoms with Crippen molar-refractivity contribution in [2.45, 2.75) is 50.7 Å². The summed E-state index contributed by atoms with van der Waals surface area (Å²) in [4.78, 5) is 16.4. The van der Waals surface area contributed by atoms with Crippen LogP contribution >= 0.6 is 0 Å². The van der Waals surface area contributed by atoms with E-state index in [2.05, 4.69) is 33.1 Å². The van der Waals surface area contributed by atoms with Gasteiger partial charge in [-0.05, 0) is 43.4 Å². The highest BCUT2D eigenvalue weighted by Gasteiger charge is 2.24. The Bertz CT molecular complexity index is 906. The molecule has 0 bridgehead atoms. The fourth-order valence-corrected chi connectivity index (χ4v) is 4.25. The predicted molar refractivity (Wildman–Crippen MR) is 120 cm³/mol. The molecule has 6 nitrogen and oxygen atoms in total. The monoisotopic (exact) mass is 406 g/mol. The Morgan fingerprint density at radius 1 is 1.10 bits per heavy atom. The maximum absolute atomic E-state index is 12.0. The number of fused-ring (bicyclic) bond motifs is 1. The van der Waals surface area contributed by atoms with E-state index < -0.39 is 0 Å². The molecule has 30 heavy (non-hydrogen) atoms. The first-order valence-electron chi connectivity index (χ1n) is 10.8. The Balaban J connectivity index is 1.35. The summed E-state index contributed by atoms with van der Waals surface area (Å²) in [5.74, 6) is 1.84. The third kappa shape index (κ3) is 4.93. The Morgan fingerprint density at radius 2 is 1.87 bits per heavy atom. The zero-order valence-corrected chi connectivity index (χ0v) is 17.5. The summed E-state index contributed by atoms with van der Waals surface area (Å²) in [6.07, 6.45) is 5.59. The Hall–Kier alpha value is -3.02. The van der Waals surface area contributed by atoms with Crippen LogP contribution in [0.3, 0.4) is 0 Å². The number of hydrogen-bond donors (Lipinski definition) is 3. The van der Waals surface area contributed by atoms with E-state index in [9.17, 15) is 4.79 Å². The minimum atomic E-state index is 0.0569. The van der Waals surface area contributed by atoms with Gasteiger partial charge in [-0.25, -0.2) is 0 Å². The van der Waals surface area contributed by atoms with Crippen LogP contribution in [0.25, 0.3) is 0 Å². The minimum absolute atomic E-state index is 0.0569. The number of nitrogens with one attached hydrogen (secondary N) is 3. The molecule has 1 heterocycles. The molecule has 0 aromatic heterocycles. The van der Waals surface area contributed by atoms with Crippen LogP contribution in [0, 0.1) is 0 Å². The van der Waals surface area contributed by atoms with Gasteiger partial charge in [-0.2, -0.15) is 0 Å². The number of nitrogens with zero attached hydrogens (tertiary/aromatic N) is 1. The van der Waals surface area contributed by atoms with Gasteiger partial charge in [-0.1, -0.05) is 36.4 Å². The lowest BCUT2D eigenvalue weighted by Gasteiger charge is -2.26. The highest BCUT2D eigenvalue weighted by atomic mass is 16.5. The molecule has 0 saturated heterocycles. The number of benzene rings is 2. The fraction of sp³-hybridized carbons (Fsp3) is 0.417. The molecule has 1 amide bonds. The zero-order valence-electron chi connectivity index (χ0n) is 17.5. The van der Waals surface area contributed by atoms with E-state index in [4.69, 9.17) is 4.74 Å². The van der Waals surface area contributed by atoms with Gasteiger partial charge in [0.25, 0.3) is 0 Å². The van der Waals surface area contributed by atoms with Gasteiger partial charge in [0.15, 0.2) is 5.96 Å². The molecule has 1 atom stereocenters. The quantitative estimate of drug-likeness (QED) is 0.504. The van der Waals surface area contributed by atoms with Crippen LogP contribution in [-0.4, -0.2) is 31.6 Å². The van der Waals surface area contributed by atoms with Gasteiger partial charge in [-0.15, -0.1) is 0 Å². The number of para-hydroxylation sites is 2. The first-order chi connectivity index (χ1) is 14.7. The lowest BCUT2D eigenvalue weighted by Crippen LogP contribution is -2.40. The van der Waals surface area contributed by atoms with E-state index in [0.29, 0.717) is 31.6 Å². The van der Waals surface area contributed by atoms with Crippen molar-refractivity contribution in [3.63, 3.8) is 0 Å². The summed E-state index contributed by atoms with van der Waals surface area (Å²) in [5.41, 5.74) is 3.19. The van der Waals surface area contributed by atoms with E-state index in [1.807, 2.05) is 36.4 Å². The Morgan fingerprint density at radius 3 is 2.70 bits per heavy atom. The number of anilines is 1. The van der Waals surface area contributed by atoms with E-state index in [1.165, 1.54) is 12.8 Å². The molecular formula is C24H30N4O2. The van der Waals surface area contributed by atoms with Crippen molar-refractivity contribution < 1.29 is 9.53 Å². The van der Waals surface area contributed by atoms with Crippen molar-refractivity contribution in [2.75, 3.05) is 18.9 Å². The van der Waals surface area contributed by atoms with Crippen LogP contribution in [0.15, 0.2) is 53.5 Å². The Kier molecular flexibility index (Phi) is 6.52. The van der Waals surface area contributed by atoms with Crippen molar-refractivity contribution in [2.24, 2.45) is 4.99 Å². The highest BCUT2D eigenvalue weighted by Crippen LogP contribution is 2.31. The maximum Gasteiger partial charge on any atom is 0.225 e. The van der Waals surface area contributed by atoms with Crippen molar-refractivity contribution >= 4 is 17.6 Å². The third-order valence-corrected chi connectivity index (χ3v) is 5.86. The van der Waals surface area contributed by atoms with Gasteiger partial charge in [0.1, 0.15) is 5.75 Å². The molecule has 2 aromatic rings. The van der Waals surface area contributed by atoms with Crippen LogP contribution in [-0.2, 0) is 11.3 Å². The molecule has 0 spiro atoms. The number of rotatable bonds is 6. The smallest absolute Gasteiger partial charge is 0.225 e. The summed E-state index contributed by atoms with van der Waals surface area (Å²) < 4.78 is 6.23. The van der Waals surface area contributed by atoms with Crippen LogP contribution in [0.4, 0.5) is 5.69 Å². The van der Waals surface area contributed by atoms with Gasteiger partial charge in [-0.3, -0.25) is 9.79 Å². The SMILES string of the molecule is CN=C(NCc1ccccc1OC1CCCC1)NCC1CC(=O)Nc2ccccc21. The molecule has 1 unspecified atom stereocenters. The summed E-state index contributed by atoms with van der Waals surface area (Å²) in [7, 11) is 1.76. The van der Waals surface area contributed by atoms with Gasteiger partial charge in [0, 0.05) is 43.7 Å². The summed E-state index contributed by atoms with van der Waals surface area (Å²) in [6, 6.07) is 16.2. The molecule has 1 fully saturated rings. The highest BCUT2D eigenvalue weighted by molar-refractivity contribution is 5.94. The lowest BCUT2D eigenvalue weighted by atomic mass is 9.90. The van der Waals surface area contributed by atoms with Crippen LogP contribution in [0.1, 0.15) is 49.1 Å². The van der Waals surface area contributed by atoms with Crippen molar-refractivity contribution in [3.05, 3.63) is 59.7 Å². The number of aliphatic imine (C=N–C) groups is 1. The van der Waals surface area contributed by atoms with E-state index >= 15 is 0 Å². The molecule has 1 aliphatic heterocycles. The lowest BCUT2D eigenvalue weighted by molar-refractivity contribution is -0.116. The molecule has 6 heteroatoms. The van der Waals surface area contributed by atoms with Gasteiger partial charge in [0.05, 0.1) is 6.10 Å². The van der Waals surface area contributed by atoms with E-state index in [1.54, 1.807) is 7.05 Å². The maximum atomic E-state index is 12.0. The van der Waals surface area contributed by atoms with Crippen molar-refractivity contribution in [1.29, 1.82) is 0 Å². The van der Waals surface area contributed by atoms with Crippen molar-refractivity contribution in [1.82, 2.24) is 10.6 Å². The average Bonchev–Trinajstić information content (AvgIpc) is 3.27. The normalized spacial score (nSPS) is 19.2. The van der Waals surface area contributed by atoms with E-state index in [0.717, 1.165) is 35.4 Å². The van der Waals surface area contributed by atoms with Crippen LogP contribution in [0.2, 0.25) is 0 Å². The first kappa shape index (κ1) is 20.3. The second kappa shape index (κ2) is 9.65. The number of hydrogen-bond acceptors (Lipinski definition) is 3. The standard InChI is InChI=1S/C24H30N4O2/c1-25-24(27-16-18-14-23(29)28-21-12-6-5-11-20(18)21)26-15-17-8-2-7-13-22(17)30-19-9-3-4-10-19/h2,5-8,11-13,18-19H,3-4,9-10,14-16H2,1H3,(H,28,29)(H2,25,26,27). The molecule has 2 aromatic carbocycles. The fourth-order valence-electron chi connectivity index (χ4n) is 4.25. The average molecular weight is 407 g/mol. The molecule has 4 rings (SSSR count). The molecule has 0 radical (unpaired) electrons. The third-order valence-electron chi connectivity index (χ3n) is 5.86. The topological polar surface area (TPSA) is 74.8 Å². The van der Waals surface area contributed by atoms with Gasteiger partial charge < -0.3 is 20.7 Å². The summed E-state index contributed by atoms with van der Waals surface area (Å²) in [6.45, 7) is 1.27. The van der Waals surface area contributed by atoms with Crippen LogP contribution < -0.4 is 20.7 Å². The molecule has 1 aliphatic carbocycles. The largest absolute Gasteiger partial charge is 0.490 e. The molecule has 1 saturated carbocycles. The number of guanidine groups is 1. The second-order valence-electron chi connectivity index (χ2n) is 7.98. The van der Waals surface area contributed by atoms with Gasteiger partial charge in [0.2, 0.25) is 5.91 Å². The number of carbonyl (C=O) groups is 1. The summed E-state index contributed by atoms with van der Waals surface area (Å²) in [5, 5.41) is 9.71. The summed E-state index contributed by atoms with van der Waals surface area (Å²) >= 11 is 0. The number of carbonyl (C=O) groups excluding carboxylic acids is 1.